The molecule has 0 aromatic carbocycles. The minimum Gasteiger partial charge on any atom is -0.461 e. The van der Waals surface area contributed by atoms with Crippen LogP contribution in [0.3, 0.4) is 0 Å². The van der Waals surface area contributed by atoms with E-state index in [-0.39, 0.29) is 26.1 Å². The fourth-order valence-electron chi connectivity index (χ4n) is 0.627. The van der Waals surface area contributed by atoms with Crippen LogP contribution < -0.4 is 0 Å². The standard InChI is InChI=1S/C10H10N2O4/c11-5-1-7-15-9(13)3-4-10(14)16-8-2-6-12/h3-4H,1-2,7-8H2/b4-3-. The van der Waals surface area contributed by atoms with Gasteiger partial charge < -0.3 is 9.47 Å². The van der Waals surface area contributed by atoms with Crippen LogP contribution in [0.2, 0.25) is 0 Å². The Hall–Kier alpha value is -2.34. The van der Waals surface area contributed by atoms with E-state index in [1.165, 1.54) is 0 Å². The summed E-state index contributed by atoms with van der Waals surface area (Å²) in [4.78, 5) is 21.7. The monoisotopic (exact) mass is 222 g/mol. The van der Waals surface area contributed by atoms with Crippen molar-refractivity contribution in [3.05, 3.63) is 12.2 Å². The number of nitrogens with zero attached hydrogens (tertiary/aromatic N) is 2. The van der Waals surface area contributed by atoms with Crippen molar-refractivity contribution in [2.24, 2.45) is 0 Å². The summed E-state index contributed by atoms with van der Waals surface area (Å²) in [5.41, 5.74) is 0. The van der Waals surface area contributed by atoms with Crippen molar-refractivity contribution in [1.82, 2.24) is 0 Å². The molecule has 0 bridgehead atoms. The zero-order chi connectivity index (χ0) is 12.2. The van der Waals surface area contributed by atoms with Crippen molar-refractivity contribution in [3.8, 4) is 12.1 Å². The predicted molar refractivity (Wildman–Crippen MR) is 51.5 cm³/mol. The molecule has 0 aliphatic carbocycles. The Morgan fingerprint density at radius 2 is 1.31 bits per heavy atom. The molecule has 0 fully saturated rings. The molecule has 0 atom stereocenters. The third kappa shape index (κ3) is 8.27. The quantitative estimate of drug-likeness (QED) is 0.367. The first-order valence-electron chi connectivity index (χ1n) is 4.46. The number of hydrogen-bond donors (Lipinski definition) is 0. The maximum absolute atomic E-state index is 10.9. The molecule has 0 aliphatic heterocycles. The maximum atomic E-state index is 10.9. The van der Waals surface area contributed by atoms with Gasteiger partial charge in [0.2, 0.25) is 0 Å². The molecule has 0 saturated heterocycles. The van der Waals surface area contributed by atoms with Crippen LogP contribution in [-0.4, -0.2) is 25.2 Å². The third-order valence-corrected chi connectivity index (χ3v) is 1.27. The second-order valence-corrected chi connectivity index (χ2v) is 2.48. The normalized spacial score (nSPS) is 9.12. The SMILES string of the molecule is N#CCCOC(=O)/C=C\C(=O)OCCC#N. The van der Waals surface area contributed by atoms with Crippen LogP contribution in [0.1, 0.15) is 12.8 Å². The van der Waals surface area contributed by atoms with Crippen molar-refractivity contribution in [1.29, 1.82) is 10.5 Å². The molecule has 6 nitrogen and oxygen atoms in total. The minimum atomic E-state index is -0.715. The first kappa shape index (κ1) is 13.7. The molecule has 0 amide bonds. The number of esters is 2. The van der Waals surface area contributed by atoms with Gasteiger partial charge in [0, 0.05) is 12.2 Å². The van der Waals surface area contributed by atoms with E-state index in [0.29, 0.717) is 0 Å². The molecule has 16 heavy (non-hydrogen) atoms. The van der Waals surface area contributed by atoms with Crippen molar-refractivity contribution in [2.45, 2.75) is 12.8 Å². The van der Waals surface area contributed by atoms with Crippen LogP contribution in [0.25, 0.3) is 0 Å². The Balaban J connectivity index is 3.73. The number of carbonyl (C=O) groups is 2. The Morgan fingerprint density at radius 1 is 0.938 bits per heavy atom. The summed E-state index contributed by atoms with van der Waals surface area (Å²) in [6.45, 7) is -0.0215. The summed E-state index contributed by atoms with van der Waals surface area (Å²) in [6.07, 6.45) is 2.02. The summed E-state index contributed by atoms with van der Waals surface area (Å²) in [5, 5.41) is 16.3. The van der Waals surface area contributed by atoms with Crippen molar-refractivity contribution in [2.75, 3.05) is 13.2 Å². The molecule has 0 radical (unpaired) electrons. The lowest BCUT2D eigenvalue weighted by molar-refractivity contribution is -0.140. The molecule has 0 aromatic rings. The highest BCUT2D eigenvalue weighted by Gasteiger charge is 2.00. The molecule has 0 heterocycles. The van der Waals surface area contributed by atoms with E-state index >= 15 is 0 Å². The summed E-state index contributed by atoms with van der Waals surface area (Å²) in [5.74, 6) is -1.43. The molecule has 0 rings (SSSR count). The van der Waals surface area contributed by atoms with E-state index < -0.39 is 11.9 Å². The minimum absolute atomic E-state index is 0.0108. The second kappa shape index (κ2) is 9.22. The van der Waals surface area contributed by atoms with Crippen LogP contribution in [0.4, 0.5) is 0 Å². The summed E-state index contributed by atoms with van der Waals surface area (Å²) < 4.78 is 9.10. The number of hydrogen-bond acceptors (Lipinski definition) is 6. The molecule has 0 unspecified atom stereocenters. The summed E-state index contributed by atoms with van der Waals surface area (Å²) >= 11 is 0. The van der Waals surface area contributed by atoms with Gasteiger partial charge in [-0.05, 0) is 0 Å². The van der Waals surface area contributed by atoms with E-state index in [1.807, 2.05) is 0 Å². The van der Waals surface area contributed by atoms with Gasteiger partial charge in [-0.3, -0.25) is 0 Å². The third-order valence-electron chi connectivity index (χ3n) is 1.27. The van der Waals surface area contributed by atoms with Gasteiger partial charge in [0.1, 0.15) is 13.2 Å². The second-order valence-electron chi connectivity index (χ2n) is 2.48. The average molecular weight is 222 g/mol. The van der Waals surface area contributed by atoms with Gasteiger partial charge in [0.05, 0.1) is 25.0 Å². The first-order valence-corrected chi connectivity index (χ1v) is 4.46. The predicted octanol–water partition coefficient (Wildman–Crippen LogP) is 0.456. The topological polar surface area (TPSA) is 100 Å². The number of ether oxygens (including phenoxy) is 2. The smallest absolute Gasteiger partial charge is 0.331 e. The molecule has 0 aromatic heterocycles. The highest BCUT2D eigenvalue weighted by molar-refractivity contribution is 5.91. The van der Waals surface area contributed by atoms with Crippen molar-refractivity contribution < 1.29 is 19.1 Å². The van der Waals surface area contributed by atoms with Crippen LogP contribution in [0.5, 0.6) is 0 Å². The highest BCUT2D eigenvalue weighted by Crippen LogP contribution is 1.88. The number of rotatable bonds is 6. The largest absolute Gasteiger partial charge is 0.461 e. The Kier molecular flexibility index (Phi) is 7.88. The average Bonchev–Trinajstić information content (AvgIpc) is 2.27. The molecular weight excluding hydrogens is 212 g/mol. The van der Waals surface area contributed by atoms with Gasteiger partial charge in [-0.25, -0.2) is 9.59 Å². The Labute approximate surface area is 92.7 Å². The molecule has 84 valence electrons. The van der Waals surface area contributed by atoms with Gasteiger partial charge >= 0.3 is 11.9 Å². The zero-order valence-electron chi connectivity index (χ0n) is 8.51. The van der Waals surface area contributed by atoms with Gasteiger partial charge in [-0.15, -0.1) is 0 Å². The maximum Gasteiger partial charge on any atom is 0.331 e. The van der Waals surface area contributed by atoms with Gasteiger partial charge in [-0.2, -0.15) is 10.5 Å². The lowest BCUT2D eigenvalue weighted by Gasteiger charge is -1.97. The van der Waals surface area contributed by atoms with E-state index in [2.05, 4.69) is 9.47 Å². The lowest BCUT2D eigenvalue weighted by atomic mass is 10.4. The van der Waals surface area contributed by atoms with Crippen molar-refractivity contribution in [3.63, 3.8) is 0 Å². The summed E-state index contributed by atoms with van der Waals surface area (Å²) in [6, 6.07) is 3.60. The van der Waals surface area contributed by atoms with Gasteiger partial charge in [0.25, 0.3) is 0 Å². The molecule has 0 spiro atoms. The molecule has 0 N–H and O–H groups in total. The van der Waals surface area contributed by atoms with Crippen LogP contribution in [0.15, 0.2) is 12.2 Å². The molecule has 0 aliphatic rings. The Bertz CT molecular complexity index is 315. The van der Waals surface area contributed by atoms with Crippen LogP contribution >= 0.6 is 0 Å². The van der Waals surface area contributed by atoms with Gasteiger partial charge in [-0.1, -0.05) is 0 Å². The lowest BCUT2D eigenvalue weighted by Crippen LogP contribution is -2.05. The van der Waals surface area contributed by atoms with E-state index in [9.17, 15) is 9.59 Å². The van der Waals surface area contributed by atoms with E-state index in [0.717, 1.165) is 12.2 Å². The van der Waals surface area contributed by atoms with E-state index in [4.69, 9.17) is 10.5 Å². The molecule has 6 heteroatoms. The number of nitriles is 2. The number of carbonyl (C=O) groups excluding carboxylic acids is 2. The van der Waals surface area contributed by atoms with Crippen molar-refractivity contribution >= 4 is 11.9 Å². The zero-order valence-corrected chi connectivity index (χ0v) is 8.51. The molecular formula is C10H10N2O4. The Morgan fingerprint density at radius 3 is 1.62 bits per heavy atom. The first-order chi connectivity index (χ1) is 7.70. The fourth-order valence-corrected chi connectivity index (χ4v) is 0.627. The van der Waals surface area contributed by atoms with Gasteiger partial charge in [0.15, 0.2) is 0 Å². The van der Waals surface area contributed by atoms with Crippen LogP contribution in [-0.2, 0) is 19.1 Å². The fraction of sp³-hybridized carbons (Fsp3) is 0.400. The molecule has 0 saturated carbocycles. The van der Waals surface area contributed by atoms with E-state index in [1.54, 1.807) is 12.1 Å². The van der Waals surface area contributed by atoms with Crippen LogP contribution in [0, 0.1) is 22.7 Å². The highest BCUT2D eigenvalue weighted by atomic mass is 16.5. The summed E-state index contributed by atoms with van der Waals surface area (Å²) in [7, 11) is 0.